The number of anilines is 1. The molecule has 8 nitrogen and oxygen atoms in total. The first-order chi connectivity index (χ1) is 14.3. The van der Waals surface area contributed by atoms with Gasteiger partial charge in [0, 0.05) is 32.7 Å². The van der Waals surface area contributed by atoms with Crippen molar-refractivity contribution in [1.82, 2.24) is 24.7 Å². The number of aromatic nitrogens is 4. The Morgan fingerprint density at radius 1 is 1.03 bits per heavy atom. The average Bonchev–Trinajstić information content (AvgIpc) is 3.18. The van der Waals surface area contributed by atoms with E-state index in [9.17, 15) is 18.0 Å². The molecule has 3 aromatic rings. The van der Waals surface area contributed by atoms with E-state index in [1.165, 1.54) is 13.2 Å². The molecule has 1 aromatic carbocycles. The number of fused-ring (bicyclic) bond motifs is 1. The van der Waals surface area contributed by atoms with Gasteiger partial charge in [0.1, 0.15) is 5.82 Å². The Hall–Kier alpha value is -3.21. The number of halogens is 3. The Morgan fingerprint density at radius 2 is 1.73 bits per heavy atom. The summed E-state index contributed by atoms with van der Waals surface area (Å²) in [6.45, 7) is 3.43. The zero-order valence-electron chi connectivity index (χ0n) is 16.1. The molecule has 0 amide bonds. The molecular formula is C19H19F3N6O2. The molecule has 2 aromatic heterocycles. The highest BCUT2D eigenvalue weighted by molar-refractivity contribution is 5.89. The van der Waals surface area contributed by atoms with Crippen LogP contribution in [-0.2, 0) is 17.5 Å². The van der Waals surface area contributed by atoms with E-state index in [2.05, 4.69) is 20.2 Å². The van der Waals surface area contributed by atoms with Crippen LogP contribution in [0.15, 0.2) is 36.4 Å². The molecule has 1 aliphatic rings. The second-order valence-electron chi connectivity index (χ2n) is 6.93. The van der Waals surface area contributed by atoms with Crippen molar-refractivity contribution in [1.29, 1.82) is 0 Å². The zero-order chi connectivity index (χ0) is 21.3. The molecule has 0 radical (unpaired) electrons. The highest BCUT2D eigenvalue weighted by Crippen LogP contribution is 2.28. The maximum atomic E-state index is 13.1. The monoisotopic (exact) mass is 420 g/mol. The highest BCUT2D eigenvalue weighted by atomic mass is 19.4. The molecule has 3 heterocycles. The summed E-state index contributed by atoms with van der Waals surface area (Å²) in [7, 11) is 1.34. The number of piperazine rings is 1. The normalized spacial score (nSPS) is 15.5. The predicted molar refractivity (Wildman–Crippen MR) is 101 cm³/mol. The van der Waals surface area contributed by atoms with Crippen molar-refractivity contribution < 1.29 is 22.7 Å². The van der Waals surface area contributed by atoms with Gasteiger partial charge in [0.25, 0.3) is 5.82 Å². The van der Waals surface area contributed by atoms with Crippen LogP contribution in [0.1, 0.15) is 21.7 Å². The maximum absolute atomic E-state index is 13.1. The lowest BCUT2D eigenvalue weighted by molar-refractivity contribution is -0.146. The fraction of sp³-hybridized carbons (Fsp3) is 0.368. The van der Waals surface area contributed by atoms with Gasteiger partial charge in [0.05, 0.1) is 12.7 Å². The van der Waals surface area contributed by atoms with Gasteiger partial charge in [0.15, 0.2) is 5.65 Å². The van der Waals surface area contributed by atoms with Crippen molar-refractivity contribution in [2.45, 2.75) is 12.7 Å². The first kappa shape index (κ1) is 20.1. The van der Waals surface area contributed by atoms with Crippen LogP contribution in [0.2, 0.25) is 0 Å². The molecule has 0 unspecified atom stereocenters. The van der Waals surface area contributed by atoms with E-state index >= 15 is 0 Å². The van der Waals surface area contributed by atoms with Crippen LogP contribution in [0.25, 0.3) is 5.65 Å². The molecule has 30 heavy (non-hydrogen) atoms. The van der Waals surface area contributed by atoms with Gasteiger partial charge in [0.2, 0.25) is 0 Å². The molecule has 1 aliphatic heterocycles. The van der Waals surface area contributed by atoms with E-state index in [0.29, 0.717) is 31.0 Å². The van der Waals surface area contributed by atoms with Crippen molar-refractivity contribution in [3.8, 4) is 0 Å². The van der Waals surface area contributed by atoms with E-state index in [-0.39, 0.29) is 11.6 Å². The third-order valence-electron chi connectivity index (χ3n) is 4.98. The molecule has 4 rings (SSSR count). The Labute approximate surface area is 169 Å². The van der Waals surface area contributed by atoms with Crippen LogP contribution in [0, 0.1) is 0 Å². The first-order valence-electron chi connectivity index (χ1n) is 9.29. The van der Waals surface area contributed by atoms with Crippen molar-refractivity contribution in [2.24, 2.45) is 0 Å². The topological polar surface area (TPSA) is 75.9 Å². The number of methoxy groups -OCH3 is 1. The van der Waals surface area contributed by atoms with Gasteiger partial charge in [-0.2, -0.15) is 17.7 Å². The summed E-state index contributed by atoms with van der Waals surface area (Å²) in [5.41, 5.74) is 1.62. The quantitative estimate of drug-likeness (QED) is 0.600. The largest absolute Gasteiger partial charge is 0.465 e. The van der Waals surface area contributed by atoms with E-state index in [4.69, 9.17) is 4.74 Å². The Kier molecular flexibility index (Phi) is 5.29. The number of esters is 1. The van der Waals surface area contributed by atoms with Crippen LogP contribution in [-0.4, -0.2) is 64.0 Å². The van der Waals surface area contributed by atoms with Crippen LogP contribution in [0.3, 0.4) is 0 Å². The number of benzene rings is 1. The SMILES string of the molecule is COC(=O)c1ccc(CN2CCN(c3ccc4nnc(C(F)(F)F)n4n3)CC2)cc1. The van der Waals surface area contributed by atoms with Crippen LogP contribution in [0.4, 0.5) is 19.0 Å². The lowest BCUT2D eigenvalue weighted by atomic mass is 10.1. The molecule has 1 fully saturated rings. The number of hydrogen-bond donors (Lipinski definition) is 0. The third-order valence-corrected chi connectivity index (χ3v) is 4.98. The van der Waals surface area contributed by atoms with Crippen molar-refractivity contribution in [3.05, 3.63) is 53.3 Å². The second-order valence-corrected chi connectivity index (χ2v) is 6.93. The third kappa shape index (κ3) is 4.06. The number of hydrogen-bond acceptors (Lipinski definition) is 7. The number of alkyl halides is 3. The number of rotatable bonds is 4. The second kappa shape index (κ2) is 7.90. The zero-order valence-corrected chi connectivity index (χ0v) is 16.1. The number of ether oxygens (including phenoxy) is 1. The van der Waals surface area contributed by atoms with E-state index in [1.54, 1.807) is 18.2 Å². The predicted octanol–water partition coefficient (Wildman–Crippen LogP) is 2.25. The molecule has 1 saturated heterocycles. The van der Waals surface area contributed by atoms with Crippen molar-refractivity contribution in [2.75, 3.05) is 38.2 Å². The minimum atomic E-state index is -4.62. The molecule has 0 saturated carbocycles. The van der Waals surface area contributed by atoms with Gasteiger partial charge in [-0.05, 0) is 29.8 Å². The molecular weight excluding hydrogens is 401 g/mol. The molecule has 11 heteroatoms. The van der Waals surface area contributed by atoms with E-state index in [1.807, 2.05) is 17.0 Å². The Balaban J connectivity index is 1.40. The molecule has 158 valence electrons. The molecule has 0 atom stereocenters. The lowest BCUT2D eigenvalue weighted by Crippen LogP contribution is -2.46. The summed E-state index contributed by atoms with van der Waals surface area (Å²) >= 11 is 0. The summed E-state index contributed by atoms with van der Waals surface area (Å²) in [5, 5.41) is 10.8. The van der Waals surface area contributed by atoms with Crippen LogP contribution >= 0.6 is 0 Å². The van der Waals surface area contributed by atoms with Gasteiger partial charge >= 0.3 is 12.1 Å². The minimum Gasteiger partial charge on any atom is -0.465 e. The molecule has 0 N–H and O–H groups in total. The standard InChI is InChI=1S/C19H19F3N6O2/c1-30-17(29)14-4-2-13(3-5-14)12-26-8-10-27(11-9-26)16-7-6-15-23-24-18(19(20,21)22)28(15)25-16/h2-7H,8-12H2,1H3. The van der Waals surface area contributed by atoms with Gasteiger partial charge in [-0.25, -0.2) is 4.79 Å². The highest BCUT2D eigenvalue weighted by Gasteiger charge is 2.37. The Bertz CT molecular complexity index is 1040. The molecule has 0 bridgehead atoms. The number of carbonyl (C=O) groups excluding carboxylic acids is 1. The summed E-state index contributed by atoms with van der Waals surface area (Å²) in [6, 6.07) is 10.4. The first-order valence-corrected chi connectivity index (χ1v) is 9.29. The molecule has 0 spiro atoms. The fourth-order valence-corrected chi connectivity index (χ4v) is 3.38. The van der Waals surface area contributed by atoms with Crippen molar-refractivity contribution in [3.63, 3.8) is 0 Å². The summed E-state index contributed by atoms with van der Waals surface area (Å²) in [5.74, 6) is -1.05. The summed E-state index contributed by atoms with van der Waals surface area (Å²) in [6.07, 6.45) is -4.62. The van der Waals surface area contributed by atoms with Gasteiger partial charge in [-0.1, -0.05) is 12.1 Å². The summed E-state index contributed by atoms with van der Waals surface area (Å²) < 4.78 is 44.6. The van der Waals surface area contributed by atoms with Crippen molar-refractivity contribution >= 4 is 17.4 Å². The smallest absolute Gasteiger partial charge is 0.453 e. The fourth-order valence-electron chi connectivity index (χ4n) is 3.38. The number of carbonyl (C=O) groups is 1. The minimum absolute atomic E-state index is 0.0557. The molecule has 0 aliphatic carbocycles. The lowest BCUT2D eigenvalue weighted by Gasteiger charge is -2.35. The summed E-state index contributed by atoms with van der Waals surface area (Å²) in [4.78, 5) is 15.7. The van der Waals surface area contributed by atoms with Gasteiger partial charge in [-0.15, -0.1) is 15.3 Å². The van der Waals surface area contributed by atoms with Gasteiger partial charge < -0.3 is 9.64 Å². The van der Waals surface area contributed by atoms with Crippen LogP contribution in [0.5, 0.6) is 0 Å². The number of nitrogens with zero attached hydrogens (tertiary/aromatic N) is 6. The Morgan fingerprint density at radius 3 is 2.37 bits per heavy atom. The average molecular weight is 420 g/mol. The van der Waals surface area contributed by atoms with E-state index in [0.717, 1.165) is 23.2 Å². The van der Waals surface area contributed by atoms with E-state index < -0.39 is 12.0 Å². The van der Waals surface area contributed by atoms with Gasteiger partial charge in [-0.3, -0.25) is 4.90 Å². The maximum Gasteiger partial charge on any atom is 0.453 e. The van der Waals surface area contributed by atoms with Crippen LogP contribution < -0.4 is 4.90 Å².